The third-order valence-corrected chi connectivity index (χ3v) is 8.15. The summed E-state index contributed by atoms with van der Waals surface area (Å²) in [5, 5.41) is 0. The van der Waals surface area contributed by atoms with Crippen LogP contribution in [-0.4, -0.2) is 41.4 Å². The normalized spacial score (nSPS) is 15.1. The average molecular weight is 462 g/mol. The molecule has 1 aromatic heterocycles. The highest BCUT2D eigenvalue weighted by Gasteiger charge is 2.31. The summed E-state index contributed by atoms with van der Waals surface area (Å²) in [5.41, 5.74) is 0.895. The minimum atomic E-state index is -1.20. The fourth-order valence-corrected chi connectivity index (χ4v) is 4.12. The van der Waals surface area contributed by atoms with E-state index in [-0.39, 0.29) is 10.8 Å². The van der Waals surface area contributed by atoms with E-state index in [1.165, 1.54) is 0 Å². The van der Waals surface area contributed by atoms with Gasteiger partial charge in [0, 0.05) is 31.6 Å². The van der Waals surface area contributed by atoms with Crippen molar-refractivity contribution in [3.8, 4) is 0 Å². The predicted molar refractivity (Wildman–Crippen MR) is 121 cm³/mol. The molecule has 0 spiro atoms. The SMILES string of the molecule is Bc1nc([C@H](CC=C)N[S@@+]([O-])C(C)(C)C)n(COCC[Si](C)(C)C)c1Br. The van der Waals surface area contributed by atoms with Gasteiger partial charge in [0.05, 0.1) is 4.60 Å². The lowest BCUT2D eigenvalue weighted by atomic mass is 10.1. The van der Waals surface area contributed by atoms with Crippen LogP contribution < -0.4 is 10.3 Å². The summed E-state index contributed by atoms with van der Waals surface area (Å²) in [5.74, 6) is 0.819. The Labute approximate surface area is 172 Å². The maximum Gasteiger partial charge on any atom is 0.167 e. The highest BCUT2D eigenvalue weighted by Crippen LogP contribution is 2.24. The van der Waals surface area contributed by atoms with E-state index in [9.17, 15) is 4.55 Å². The molecule has 0 unspecified atom stereocenters. The zero-order valence-corrected chi connectivity index (χ0v) is 20.6. The number of nitrogens with one attached hydrogen (secondary N) is 1. The summed E-state index contributed by atoms with van der Waals surface area (Å²) in [4.78, 5) is 4.69. The van der Waals surface area contributed by atoms with Crippen LogP contribution in [0.3, 0.4) is 0 Å². The van der Waals surface area contributed by atoms with Gasteiger partial charge in [-0.15, -0.1) is 11.3 Å². The number of imidazole rings is 1. The number of hydrogen-bond donors (Lipinski definition) is 1. The molecule has 0 saturated heterocycles. The molecule has 0 aliphatic carbocycles. The van der Waals surface area contributed by atoms with Crippen LogP contribution >= 0.6 is 15.9 Å². The van der Waals surface area contributed by atoms with Crippen molar-refractivity contribution in [2.45, 2.75) is 70.4 Å². The van der Waals surface area contributed by atoms with Gasteiger partial charge in [0.25, 0.3) is 0 Å². The Hall–Kier alpha value is -0.0582. The van der Waals surface area contributed by atoms with Crippen molar-refractivity contribution in [3.05, 3.63) is 23.1 Å². The lowest BCUT2D eigenvalue weighted by Gasteiger charge is -2.27. The number of halogens is 1. The molecular weight excluding hydrogens is 429 g/mol. The Morgan fingerprint density at radius 1 is 1.46 bits per heavy atom. The summed E-state index contributed by atoms with van der Waals surface area (Å²) in [7, 11) is 0.834. The fourth-order valence-electron chi connectivity index (χ4n) is 2.18. The van der Waals surface area contributed by atoms with E-state index in [2.05, 4.69) is 46.9 Å². The van der Waals surface area contributed by atoms with Crippen LogP contribution in [-0.2, 0) is 22.8 Å². The topological polar surface area (TPSA) is 62.1 Å². The van der Waals surface area contributed by atoms with Crippen molar-refractivity contribution in [2.75, 3.05) is 6.61 Å². The van der Waals surface area contributed by atoms with E-state index in [1.807, 2.05) is 39.3 Å². The van der Waals surface area contributed by atoms with Crippen LogP contribution in [0.5, 0.6) is 0 Å². The summed E-state index contributed by atoms with van der Waals surface area (Å²) in [6.45, 7) is 17.9. The van der Waals surface area contributed by atoms with E-state index < -0.39 is 19.4 Å². The van der Waals surface area contributed by atoms with Crippen molar-refractivity contribution >= 4 is 48.8 Å². The second-order valence-electron chi connectivity index (χ2n) is 8.70. The van der Waals surface area contributed by atoms with Crippen LogP contribution in [0, 0.1) is 0 Å². The first-order chi connectivity index (χ1) is 11.9. The Bertz CT molecular complexity index is 602. The molecule has 2 atom stereocenters. The molecule has 0 amide bonds. The molecule has 1 heterocycles. The second kappa shape index (κ2) is 9.93. The van der Waals surface area contributed by atoms with Crippen molar-refractivity contribution in [2.24, 2.45) is 0 Å². The van der Waals surface area contributed by atoms with E-state index in [0.717, 1.165) is 28.7 Å². The molecule has 9 heteroatoms. The van der Waals surface area contributed by atoms with Crippen LogP contribution in [0.25, 0.3) is 0 Å². The Morgan fingerprint density at radius 2 is 2.08 bits per heavy atom. The first-order valence-corrected chi connectivity index (χ1v) is 14.6. The monoisotopic (exact) mass is 461 g/mol. The maximum absolute atomic E-state index is 12.6. The molecule has 0 fully saturated rings. The van der Waals surface area contributed by atoms with Crippen molar-refractivity contribution < 1.29 is 9.29 Å². The Morgan fingerprint density at radius 3 is 2.58 bits per heavy atom. The average Bonchev–Trinajstić information content (AvgIpc) is 2.77. The third-order valence-electron chi connectivity index (χ3n) is 3.83. The smallest absolute Gasteiger partial charge is 0.167 e. The predicted octanol–water partition coefficient (Wildman–Crippen LogP) is 2.89. The zero-order valence-electron chi connectivity index (χ0n) is 17.2. The summed E-state index contributed by atoms with van der Waals surface area (Å²) in [6.07, 6.45) is 2.46. The van der Waals surface area contributed by atoms with Gasteiger partial charge in [0.2, 0.25) is 0 Å². The summed E-state index contributed by atoms with van der Waals surface area (Å²) < 4.78 is 24.3. The van der Waals surface area contributed by atoms with Gasteiger partial charge in [-0.25, -0.2) is 4.98 Å². The van der Waals surface area contributed by atoms with E-state index in [4.69, 9.17) is 9.72 Å². The van der Waals surface area contributed by atoms with E-state index in [1.54, 1.807) is 0 Å². The molecule has 26 heavy (non-hydrogen) atoms. The second-order valence-corrected chi connectivity index (χ2v) is 17.1. The quantitative estimate of drug-likeness (QED) is 0.252. The molecule has 0 bridgehead atoms. The van der Waals surface area contributed by atoms with Crippen LogP contribution in [0.4, 0.5) is 0 Å². The molecule has 1 rings (SSSR count). The molecule has 1 aromatic rings. The zero-order chi connectivity index (χ0) is 20.1. The van der Waals surface area contributed by atoms with Crippen molar-refractivity contribution in [3.63, 3.8) is 0 Å². The largest absolute Gasteiger partial charge is 0.598 e. The Balaban J connectivity index is 2.97. The number of rotatable bonds is 10. The number of hydrogen-bond acceptors (Lipinski definition) is 4. The van der Waals surface area contributed by atoms with Gasteiger partial charge in [0.15, 0.2) is 7.85 Å². The first kappa shape index (κ1) is 24.0. The van der Waals surface area contributed by atoms with Gasteiger partial charge < -0.3 is 9.29 Å². The summed E-state index contributed by atoms with van der Waals surface area (Å²) in [6, 6.07) is 0.939. The molecular formula is C17H33BBrN3O2SSi. The Kier molecular flexibility index (Phi) is 9.16. The lowest BCUT2D eigenvalue weighted by Crippen LogP contribution is -2.42. The van der Waals surface area contributed by atoms with Crippen molar-refractivity contribution in [1.29, 1.82) is 0 Å². The number of ether oxygens (including phenoxy) is 1. The van der Waals surface area contributed by atoms with Gasteiger partial charge in [-0.05, 0) is 49.2 Å². The maximum atomic E-state index is 12.6. The van der Waals surface area contributed by atoms with Crippen LogP contribution in [0.15, 0.2) is 17.3 Å². The van der Waals surface area contributed by atoms with Gasteiger partial charge in [-0.1, -0.05) is 25.7 Å². The van der Waals surface area contributed by atoms with E-state index in [0.29, 0.717) is 13.2 Å². The standard InChI is InChI=1S/C17H33BBrN3O2SSi/c1-8-9-13(21-25(23)17(2,3)4)16-20-14(18)15(19)22(16)12-24-10-11-26(5,6)7/h8,13,21H,1,9-12,18H2,2-7H3/t13-,25-/m0/s1. The van der Waals surface area contributed by atoms with E-state index >= 15 is 0 Å². The van der Waals surface area contributed by atoms with Gasteiger partial charge >= 0.3 is 0 Å². The number of aromatic nitrogens is 2. The van der Waals surface area contributed by atoms with Crippen molar-refractivity contribution in [1.82, 2.24) is 14.3 Å². The van der Waals surface area contributed by atoms with Crippen LogP contribution in [0.2, 0.25) is 25.7 Å². The molecule has 0 aliphatic heterocycles. The molecule has 0 radical (unpaired) electrons. The third kappa shape index (κ3) is 7.52. The van der Waals surface area contributed by atoms with Crippen LogP contribution in [0.1, 0.15) is 39.1 Å². The molecule has 0 aromatic carbocycles. The number of nitrogens with zero attached hydrogens (tertiary/aromatic N) is 2. The van der Waals surface area contributed by atoms with Gasteiger partial charge in [-0.2, -0.15) is 0 Å². The molecule has 0 aliphatic rings. The molecule has 148 valence electrons. The summed E-state index contributed by atoms with van der Waals surface area (Å²) >= 11 is 2.42. The molecule has 0 saturated carbocycles. The molecule has 1 N–H and O–H groups in total. The highest BCUT2D eigenvalue weighted by molar-refractivity contribution is 9.10. The minimum absolute atomic E-state index is 0.182. The minimum Gasteiger partial charge on any atom is -0.598 e. The first-order valence-electron chi connectivity index (χ1n) is 8.96. The highest BCUT2D eigenvalue weighted by atomic mass is 79.9. The molecule has 5 nitrogen and oxygen atoms in total. The van der Waals surface area contributed by atoms with Gasteiger partial charge in [0.1, 0.15) is 23.3 Å². The lowest BCUT2D eigenvalue weighted by molar-refractivity contribution is 0.0827. The fraction of sp³-hybridized carbons (Fsp3) is 0.706. The van der Waals surface area contributed by atoms with Gasteiger partial charge in [-0.3, -0.25) is 4.57 Å².